The molecule has 0 spiro atoms. The fraction of sp³-hybridized carbons (Fsp3) is 0.273. The van der Waals surface area contributed by atoms with Crippen LogP contribution in [0.5, 0.6) is 0 Å². The molecule has 1 aromatic rings. The molecule has 1 amide bonds. The van der Waals surface area contributed by atoms with Crippen molar-refractivity contribution in [3.8, 4) is 0 Å². The van der Waals surface area contributed by atoms with Gasteiger partial charge in [0.2, 0.25) is 0 Å². The Labute approximate surface area is 93.3 Å². The number of hydrazone groups is 1. The third-order valence-corrected chi connectivity index (χ3v) is 2.61. The summed E-state index contributed by atoms with van der Waals surface area (Å²) in [7, 11) is 0. The zero-order valence-electron chi connectivity index (χ0n) is 8.14. The van der Waals surface area contributed by atoms with Crippen LogP contribution in [0.15, 0.2) is 35.4 Å². The summed E-state index contributed by atoms with van der Waals surface area (Å²) in [5.74, 6) is -0.181. The van der Waals surface area contributed by atoms with Gasteiger partial charge in [-0.1, -0.05) is 30.3 Å². The van der Waals surface area contributed by atoms with Gasteiger partial charge in [-0.25, -0.2) is 5.01 Å². The Kier molecular flexibility index (Phi) is 3.02. The lowest BCUT2D eigenvalue weighted by Crippen LogP contribution is -2.27. The molecule has 0 radical (unpaired) electrons. The van der Waals surface area contributed by atoms with E-state index in [1.54, 1.807) is 6.21 Å². The maximum absolute atomic E-state index is 11.5. The van der Waals surface area contributed by atoms with Gasteiger partial charge in [0.05, 0.1) is 6.04 Å². The molecule has 0 saturated carbocycles. The smallest absolute Gasteiger partial charge is 0.258 e. The van der Waals surface area contributed by atoms with Crippen LogP contribution in [0.3, 0.4) is 0 Å². The molecule has 0 fully saturated rings. The molecule has 1 unspecified atom stereocenters. The first kappa shape index (κ1) is 10.2. The Morgan fingerprint density at radius 3 is 2.87 bits per heavy atom. The van der Waals surface area contributed by atoms with Gasteiger partial charge < -0.3 is 0 Å². The number of amides is 1. The van der Waals surface area contributed by atoms with E-state index in [9.17, 15) is 4.79 Å². The number of carbonyl (C=O) groups is 1. The molecule has 0 bridgehead atoms. The molecule has 15 heavy (non-hydrogen) atoms. The molecule has 1 aliphatic rings. The standard InChI is InChI=1S/C11H11ClN2O/c12-8-11(15)14-10(6-7-13-14)9-4-2-1-3-5-9/h1-5,7,10H,6,8H2. The summed E-state index contributed by atoms with van der Waals surface area (Å²) in [6.07, 6.45) is 2.51. The molecule has 0 N–H and O–H groups in total. The first-order chi connectivity index (χ1) is 7.33. The number of benzene rings is 1. The van der Waals surface area contributed by atoms with E-state index in [0.717, 1.165) is 12.0 Å². The summed E-state index contributed by atoms with van der Waals surface area (Å²) >= 11 is 5.52. The van der Waals surface area contributed by atoms with Crippen LogP contribution in [0.25, 0.3) is 0 Å². The number of hydrogen-bond acceptors (Lipinski definition) is 2. The first-order valence-corrected chi connectivity index (χ1v) is 5.32. The highest BCUT2D eigenvalue weighted by atomic mass is 35.5. The summed E-state index contributed by atoms with van der Waals surface area (Å²) in [5.41, 5.74) is 1.09. The molecular weight excluding hydrogens is 212 g/mol. The van der Waals surface area contributed by atoms with Gasteiger partial charge in [0.15, 0.2) is 0 Å². The van der Waals surface area contributed by atoms with Crippen LogP contribution in [0, 0.1) is 0 Å². The van der Waals surface area contributed by atoms with Crippen LogP contribution in [0.4, 0.5) is 0 Å². The molecule has 1 atom stereocenters. The Bertz CT molecular complexity index is 377. The molecule has 1 aromatic carbocycles. The van der Waals surface area contributed by atoms with E-state index in [2.05, 4.69) is 5.10 Å². The summed E-state index contributed by atoms with van der Waals surface area (Å²) in [6.45, 7) is 0. The number of rotatable bonds is 2. The van der Waals surface area contributed by atoms with Crippen molar-refractivity contribution in [2.45, 2.75) is 12.5 Å². The summed E-state index contributed by atoms with van der Waals surface area (Å²) < 4.78 is 0. The van der Waals surface area contributed by atoms with E-state index in [0.29, 0.717) is 0 Å². The van der Waals surface area contributed by atoms with Crippen LogP contribution < -0.4 is 0 Å². The molecule has 78 valence electrons. The highest BCUT2D eigenvalue weighted by Gasteiger charge is 2.26. The van der Waals surface area contributed by atoms with Gasteiger partial charge in [0, 0.05) is 12.6 Å². The minimum atomic E-state index is -0.153. The predicted molar refractivity (Wildman–Crippen MR) is 59.9 cm³/mol. The lowest BCUT2D eigenvalue weighted by Gasteiger charge is -2.21. The lowest BCUT2D eigenvalue weighted by atomic mass is 10.0. The second-order valence-corrected chi connectivity index (χ2v) is 3.60. The third-order valence-electron chi connectivity index (χ3n) is 2.38. The quantitative estimate of drug-likeness (QED) is 0.706. The molecule has 0 aliphatic carbocycles. The van der Waals surface area contributed by atoms with Crippen LogP contribution >= 0.6 is 11.6 Å². The predicted octanol–water partition coefficient (Wildman–Crippen LogP) is 2.18. The molecule has 0 aromatic heterocycles. The van der Waals surface area contributed by atoms with Gasteiger partial charge in [-0.05, 0) is 5.56 Å². The minimum Gasteiger partial charge on any atom is -0.272 e. The van der Waals surface area contributed by atoms with Crippen molar-refractivity contribution < 1.29 is 4.79 Å². The zero-order valence-corrected chi connectivity index (χ0v) is 8.89. The number of alkyl halides is 1. The van der Waals surface area contributed by atoms with Crippen LogP contribution in [-0.4, -0.2) is 23.0 Å². The van der Waals surface area contributed by atoms with Crippen molar-refractivity contribution in [1.82, 2.24) is 5.01 Å². The van der Waals surface area contributed by atoms with Crippen LogP contribution in [-0.2, 0) is 4.79 Å². The van der Waals surface area contributed by atoms with Gasteiger partial charge in [-0.3, -0.25) is 4.79 Å². The minimum absolute atomic E-state index is 0.0115. The van der Waals surface area contributed by atoms with Crippen molar-refractivity contribution in [1.29, 1.82) is 0 Å². The monoisotopic (exact) mass is 222 g/mol. The van der Waals surface area contributed by atoms with Gasteiger partial charge in [0.1, 0.15) is 5.88 Å². The largest absolute Gasteiger partial charge is 0.272 e. The number of nitrogens with zero attached hydrogens (tertiary/aromatic N) is 2. The van der Waals surface area contributed by atoms with E-state index in [1.807, 2.05) is 30.3 Å². The van der Waals surface area contributed by atoms with Gasteiger partial charge in [-0.2, -0.15) is 5.10 Å². The lowest BCUT2D eigenvalue weighted by molar-refractivity contribution is -0.130. The normalized spacial score (nSPS) is 19.5. The Morgan fingerprint density at radius 1 is 1.47 bits per heavy atom. The van der Waals surface area contributed by atoms with Crippen molar-refractivity contribution in [3.05, 3.63) is 35.9 Å². The first-order valence-electron chi connectivity index (χ1n) is 4.78. The average Bonchev–Trinajstić information content (AvgIpc) is 2.78. The Morgan fingerprint density at radius 2 is 2.20 bits per heavy atom. The molecule has 1 heterocycles. The summed E-state index contributed by atoms with van der Waals surface area (Å²) in [5, 5.41) is 5.50. The fourth-order valence-electron chi connectivity index (χ4n) is 1.67. The van der Waals surface area contributed by atoms with Crippen LogP contribution in [0.2, 0.25) is 0 Å². The van der Waals surface area contributed by atoms with Crippen molar-refractivity contribution >= 4 is 23.7 Å². The van der Waals surface area contributed by atoms with E-state index < -0.39 is 0 Å². The second-order valence-electron chi connectivity index (χ2n) is 3.33. The Hall–Kier alpha value is -1.35. The van der Waals surface area contributed by atoms with Crippen molar-refractivity contribution in [3.63, 3.8) is 0 Å². The zero-order chi connectivity index (χ0) is 10.7. The summed E-state index contributed by atoms with van der Waals surface area (Å²) in [6, 6.07) is 9.86. The molecule has 1 aliphatic heterocycles. The van der Waals surface area contributed by atoms with E-state index in [4.69, 9.17) is 11.6 Å². The van der Waals surface area contributed by atoms with E-state index in [-0.39, 0.29) is 17.8 Å². The SMILES string of the molecule is O=C(CCl)N1N=CCC1c1ccccc1. The molecule has 4 heteroatoms. The van der Waals surface area contributed by atoms with E-state index >= 15 is 0 Å². The summed E-state index contributed by atoms with van der Waals surface area (Å²) in [4.78, 5) is 11.5. The average molecular weight is 223 g/mol. The highest BCUT2D eigenvalue weighted by Crippen LogP contribution is 2.27. The fourth-order valence-corrected chi connectivity index (χ4v) is 1.79. The Balaban J connectivity index is 2.21. The molecule has 2 rings (SSSR count). The highest BCUT2D eigenvalue weighted by molar-refractivity contribution is 6.27. The van der Waals surface area contributed by atoms with Crippen molar-refractivity contribution in [2.24, 2.45) is 5.10 Å². The number of halogens is 1. The second kappa shape index (κ2) is 4.45. The maximum Gasteiger partial charge on any atom is 0.258 e. The van der Waals surface area contributed by atoms with Crippen molar-refractivity contribution in [2.75, 3.05) is 5.88 Å². The molecule has 0 saturated heterocycles. The van der Waals surface area contributed by atoms with Gasteiger partial charge in [0.25, 0.3) is 5.91 Å². The van der Waals surface area contributed by atoms with Gasteiger partial charge >= 0.3 is 0 Å². The van der Waals surface area contributed by atoms with Crippen LogP contribution in [0.1, 0.15) is 18.0 Å². The van der Waals surface area contributed by atoms with E-state index in [1.165, 1.54) is 5.01 Å². The molecular formula is C11H11ClN2O. The topological polar surface area (TPSA) is 32.7 Å². The number of carbonyl (C=O) groups excluding carboxylic acids is 1. The number of hydrogen-bond donors (Lipinski definition) is 0. The molecule has 3 nitrogen and oxygen atoms in total. The third kappa shape index (κ3) is 2.02. The maximum atomic E-state index is 11.5. The van der Waals surface area contributed by atoms with Gasteiger partial charge in [-0.15, -0.1) is 11.6 Å².